The summed E-state index contributed by atoms with van der Waals surface area (Å²) >= 11 is 0. The van der Waals surface area contributed by atoms with Crippen molar-refractivity contribution in [3.05, 3.63) is 41.0 Å². The van der Waals surface area contributed by atoms with Crippen molar-refractivity contribution in [3.63, 3.8) is 0 Å². The molecule has 0 spiro atoms. The minimum absolute atomic E-state index is 0.0213. The van der Waals surface area contributed by atoms with Crippen LogP contribution in [0.25, 0.3) is 6.08 Å². The van der Waals surface area contributed by atoms with Crippen molar-refractivity contribution in [2.75, 3.05) is 19.4 Å². The first-order valence-electron chi connectivity index (χ1n) is 6.87. The van der Waals surface area contributed by atoms with E-state index in [1.807, 2.05) is 45.0 Å². The zero-order chi connectivity index (χ0) is 15.5. The van der Waals surface area contributed by atoms with Crippen LogP contribution in [0.5, 0.6) is 0 Å². The Morgan fingerprint density at radius 3 is 2.43 bits per heavy atom. The molecule has 1 fully saturated rings. The summed E-state index contributed by atoms with van der Waals surface area (Å²) < 4.78 is 23.3. The second-order valence-corrected chi connectivity index (χ2v) is 8.23. The Morgan fingerprint density at radius 1 is 1.33 bits per heavy atom. The van der Waals surface area contributed by atoms with Crippen LogP contribution >= 0.6 is 7.60 Å². The smallest absolute Gasteiger partial charge is 0.308 e. The third-order valence-corrected chi connectivity index (χ3v) is 5.00. The third kappa shape index (κ3) is 4.54. The molecule has 0 aliphatic carbocycles. The molecule has 0 amide bonds. The maximum atomic E-state index is 12.5. The lowest BCUT2D eigenvalue weighted by Crippen LogP contribution is -2.30. The van der Waals surface area contributed by atoms with Gasteiger partial charge in [-0.3, -0.25) is 4.57 Å². The second kappa shape index (κ2) is 6.15. The molecule has 1 aliphatic rings. The lowest BCUT2D eigenvalue weighted by atomic mass is 9.97. The van der Waals surface area contributed by atoms with Crippen LogP contribution in [-0.2, 0) is 13.6 Å². The van der Waals surface area contributed by atoms with Gasteiger partial charge in [0.25, 0.3) is 0 Å². The highest BCUT2D eigenvalue weighted by Crippen LogP contribution is 2.54. The Balaban J connectivity index is 2.11. The van der Waals surface area contributed by atoms with Gasteiger partial charge in [-0.15, -0.1) is 0 Å². The summed E-state index contributed by atoms with van der Waals surface area (Å²) in [6.07, 6.45) is 1.75. The molecule has 0 bridgehead atoms. The number of hydrogen-bond acceptors (Lipinski definition) is 4. The molecule has 0 radical (unpaired) electrons. The summed E-state index contributed by atoms with van der Waals surface area (Å²) in [6, 6.07) is 9.88. The van der Waals surface area contributed by atoms with Gasteiger partial charge in [0, 0.05) is 11.0 Å². The standard InChI is InChI=1S/C16H20NO3P/c1-13-4-6-14(7-5-13)8-15(9-17)10-21(18)19-11-16(2,3)12-20-21/h4-8H,10-12H2,1-3H3/b15-8-. The molecule has 112 valence electrons. The van der Waals surface area contributed by atoms with E-state index in [0.29, 0.717) is 18.8 Å². The molecule has 1 aliphatic heterocycles. The third-order valence-electron chi connectivity index (χ3n) is 3.23. The van der Waals surface area contributed by atoms with Gasteiger partial charge in [0.2, 0.25) is 0 Å². The largest absolute Gasteiger partial charge is 0.335 e. The minimum atomic E-state index is -3.20. The second-order valence-electron chi connectivity index (χ2n) is 6.17. The van der Waals surface area contributed by atoms with Gasteiger partial charge in [-0.1, -0.05) is 43.7 Å². The van der Waals surface area contributed by atoms with Crippen LogP contribution < -0.4 is 0 Å². The Morgan fingerprint density at radius 2 is 1.90 bits per heavy atom. The van der Waals surface area contributed by atoms with Crippen molar-refractivity contribution in [1.82, 2.24) is 0 Å². The van der Waals surface area contributed by atoms with Crippen LogP contribution in [0.15, 0.2) is 29.8 Å². The Bertz CT molecular complexity index is 612. The highest BCUT2D eigenvalue weighted by Gasteiger charge is 2.37. The Labute approximate surface area is 125 Å². The summed E-state index contributed by atoms with van der Waals surface area (Å²) in [5, 5.41) is 9.24. The zero-order valence-electron chi connectivity index (χ0n) is 12.6. The van der Waals surface area contributed by atoms with Gasteiger partial charge in [-0.05, 0) is 18.6 Å². The fourth-order valence-corrected chi connectivity index (χ4v) is 3.83. The van der Waals surface area contributed by atoms with E-state index in [4.69, 9.17) is 9.05 Å². The lowest BCUT2D eigenvalue weighted by molar-refractivity contribution is 0.0424. The first kappa shape index (κ1) is 16.0. The summed E-state index contributed by atoms with van der Waals surface area (Å²) in [7, 11) is -3.20. The topological polar surface area (TPSA) is 59.3 Å². The summed E-state index contributed by atoms with van der Waals surface area (Å²) in [6.45, 7) is 6.75. The summed E-state index contributed by atoms with van der Waals surface area (Å²) in [5.74, 6) is 0. The van der Waals surface area contributed by atoms with Gasteiger partial charge < -0.3 is 9.05 Å². The van der Waals surface area contributed by atoms with Crippen molar-refractivity contribution in [2.24, 2.45) is 5.41 Å². The van der Waals surface area contributed by atoms with E-state index in [1.165, 1.54) is 0 Å². The van der Waals surface area contributed by atoms with E-state index in [1.54, 1.807) is 6.08 Å². The molecule has 5 heteroatoms. The predicted octanol–water partition coefficient (Wildman–Crippen LogP) is 4.17. The maximum absolute atomic E-state index is 12.5. The van der Waals surface area contributed by atoms with E-state index >= 15 is 0 Å². The van der Waals surface area contributed by atoms with Crippen molar-refractivity contribution >= 4 is 13.7 Å². The molecule has 1 aromatic rings. The number of aryl methyl sites for hydroxylation is 1. The van der Waals surface area contributed by atoms with Crippen molar-refractivity contribution in [2.45, 2.75) is 20.8 Å². The molecule has 0 aromatic heterocycles. The minimum Gasteiger partial charge on any atom is -0.308 e. The average molecular weight is 305 g/mol. The maximum Gasteiger partial charge on any atom is 0.335 e. The number of nitrogens with zero attached hydrogens (tertiary/aromatic N) is 1. The molecule has 4 nitrogen and oxygen atoms in total. The van der Waals surface area contributed by atoms with Gasteiger partial charge in [0.15, 0.2) is 0 Å². The lowest BCUT2D eigenvalue weighted by Gasteiger charge is -2.33. The van der Waals surface area contributed by atoms with E-state index in [0.717, 1.165) is 11.1 Å². The molecular weight excluding hydrogens is 285 g/mol. The Kier molecular flexibility index (Phi) is 4.68. The van der Waals surface area contributed by atoms with Crippen molar-refractivity contribution in [3.8, 4) is 6.07 Å². The fraction of sp³-hybridized carbons (Fsp3) is 0.438. The molecule has 1 heterocycles. The van der Waals surface area contributed by atoms with Crippen LogP contribution in [-0.4, -0.2) is 19.4 Å². The summed E-state index contributed by atoms with van der Waals surface area (Å²) in [5.41, 5.74) is 2.32. The molecule has 0 unspecified atom stereocenters. The number of allylic oxidation sites excluding steroid dienone is 1. The highest BCUT2D eigenvalue weighted by molar-refractivity contribution is 7.54. The normalized spacial score (nSPS) is 20.8. The van der Waals surface area contributed by atoms with Crippen LogP contribution in [0, 0.1) is 23.7 Å². The SMILES string of the molecule is Cc1ccc(/C=C(/C#N)CP2(=O)OCC(C)(C)CO2)cc1. The van der Waals surface area contributed by atoms with E-state index in [9.17, 15) is 9.83 Å². The van der Waals surface area contributed by atoms with Crippen LogP contribution in [0.1, 0.15) is 25.0 Å². The van der Waals surface area contributed by atoms with E-state index in [-0.39, 0.29) is 11.6 Å². The van der Waals surface area contributed by atoms with Crippen LogP contribution in [0.2, 0.25) is 0 Å². The van der Waals surface area contributed by atoms with Gasteiger partial charge in [0.05, 0.1) is 25.4 Å². The van der Waals surface area contributed by atoms with Gasteiger partial charge >= 0.3 is 7.60 Å². The number of benzene rings is 1. The van der Waals surface area contributed by atoms with Gasteiger partial charge in [-0.2, -0.15) is 5.26 Å². The van der Waals surface area contributed by atoms with Crippen molar-refractivity contribution < 1.29 is 13.6 Å². The van der Waals surface area contributed by atoms with Crippen LogP contribution in [0.4, 0.5) is 0 Å². The fourth-order valence-electron chi connectivity index (χ4n) is 1.90. The monoisotopic (exact) mass is 305 g/mol. The molecule has 2 rings (SSSR count). The number of hydrogen-bond donors (Lipinski definition) is 0. The van der Waals surface area contributed by atoms with E-state index < -0.39 is 7.60 Å². The Hall–Kier alpha value is -1.40. The first-order chi connectivity index (χ1) is 9.82. The van der Waals surface area contributed by atoms with Gasteiger partial charge in [0.1, 0.15) is 0 Å². The molecule has 0 saturated carbocycles. The van der Waals surface area contributed by atoms with Crippen molar-refractivity contribution in [1.29, 1.82) is 5.26 Å². The number of rotatable bonds is 3. The first-order valence-corrected chi connectivity index (χ1v) is 8.60. The average Bonchev–Trinajstić information content (AvgIpc) is 2.44. The highest BCUT2D eigenvalue weighted by atomic mass is 31.2. The molecular formula is C16H20NO3P. The summed E-state index contributed by atoms with van der Waals surface area (Å²) in [4.78, 5) is 0. The molecule has 0 N–H and O–H groups in total. The van der Waals surface area contributed by atoms with Crippen LogP contribution in [0.3, 0.4) is 0 Å². The zero-order valence-corrected chi connectivity index (χ0v) is 13.5. The quantitative estimate of drug-likeness (QED) is 0.621. The molecule has 1 aromatic carbocycles. The molecule has 0 atom stereocenters. The molecule has 21 heavy (non-hydrogen) atoms. The van der Waals surface area contributed by atoms with E-state index in [2.05, 4.69) is 6.07 Å². The molecule has 1 saturated heterocycles. The predicted molar refractivity (Wildman–Crippen MR) is 82.9 cm³/mol. The number of nitriles is 1. The van der Waals surface area contributed by atoms with Gasteiger partial charge in [-0.25, -0.2) is 0 Å².